The van der Waals surface area contributed by atoms with Crippen LogP contribution < -0.4 is 10.5 Å². The van der Waals surface area contributed by atoms with E-state index in [1.165, 1.54) is 26.2 Å². The minimum absolute atomic E-state index is 0.0705. The third kappa shape index (κ3) is 6.04. The molecule has 4 rings (SSSR count). The van der Waals surface area contributed by atoms with Crippen LogP contribution in [0.1, 0.15) is 66.6 Å². The van der Waals surface area contributed by atoms with E-state index >= 15 is 0 Å². The van der Waals surface area contributed by atoms with Crippen LogP contribution >= 0.6 is 0 Å². The van der Waals surface area contributed by atoms with Crippen molar-refractivity contribution < 1.29 is 28.7 Å². The van der Waals surface area contributed by atoms with E-state index in [1.54, 1.807) is 24.0 Å². The summed E-state index contributed by atoms with van der Waals surface area (Å²) in [5, 5.41) is 14.3. The zero-order chi connectivity index (χ0) is 26.7. The van der Waals surface area contributed by atoms with Crippen LogP contribution in [-0.4, -0.2) is 62.9 Å². The molecule has 2 amide bonds. The van der Waals surface area contributed by atoms with Crippen molar-refractivity contribution in [1.29, 1.82) is 0 Å². The number of benzene rings is 1. The molecule has 0 bridgehead atoms. The van der Waals surface area contributed by atoms with Crippen molar-refractivity contribution in [1.82, 2.24) is 14.9 Å². The Morgan fingerprint density at radius 1 is 1.24 bits per heavy atom. The molecule has 0 radical (unpaired) electrons. The van der Waals surface area contributed by atoms with Gasteiger partial charge < -0.3 is 25.3 Å². The Morgan fingerprint density at radius 3 is 2.62 bits per heavy atom. The summed E-state index contributed by atoms with van der Waals surface area (Å²) in [6.07, 6.45) is 2.36. The standard InChI is InChI=1S/C26H32FN5O5/c1-14(33)26(35)32(13-16-4-9-19(27)24(10-16)36-3)18-7-5-17(6-8-18)23-12-21(31-37-23)20-11-22(25(28)34)30-15(2)29-20/h4,9-11,14,17-18,23,33H,5-8,12-13H2,1-3H3,(H2,28,34)/t14-,17?,18?,23-/m0/s1. The summed E-state index contributed by atoms with van der Waals surface area (Å²) in [5.41, 5.74) is 7.41. The van der Waals surface area contributed by atoms with E-state index < -0.39 is 17.8 Å². The third-order valence-electron chi connectivity index (χ3n) is 7.00. The summed E-state index contributed by atoms with van der Waals surface area (Å²) in [5.74, 6) is -0.691. The Bertz CT molecular complexity index is 1200. The lowest BCUT2D eigenvalue weighted by Crippen LogP contribution is -2.46. The number of aryl methyl sites for hydroxylation is 1. The molecular weight excluding hydrogens is 481 g/mol. The summed E-state index contributed by atoms with van der Waals surface area (Å²) in [6, 6.07) is 5.97. The highest BCUT2D eigenvalue weighted by Gasteiger charge is 2.37. The number of nitrogens with zero attached hydrogens (tertiary/aromatic N) is 4. The fourth-order valence-corrected chi connectivity index (χ4v) is 5.05. The molecule has 2 aliphatic rings. The van der Waals surface area contributed by atoms with Crippen molar-refractivity contribution in [2.24, 2.45) is 16.8 Å². The molecule has 3 N–H and O–H groups in total. The maximum Gasteiger partial charge on any atom is 0.267 e. The molecular formula is C26H32FN5O5. The first-order valence-electron chi connectivity index (χ1n) is 12.4. The number of oxime groups is 1. The number of aliphatic hydroxyl groups is 1. The molecule has 11 heteroatoms. The molecule has 0 saturated heterocycles. The van der Waals surface area contributed by atoms with Gasteiger partial charge in [-0.25, -0.2) is 14.4 Å². The van der Waals surface area contributed by atoms with Crippen LogP contribution in [-0.2, 0) is 16.2 Å². The Labute approximate surface area is 214 Å². The number of hydrogen-bond acceptors (Lipinski definition) is 8. The molecule has 2 heterocycles. The summed E-state index contributed by atoms with van der Waals surface area (Å²) in [4.78, 5) is 40.3. The molecule has 198 valence electrons. The SMILES string of the molecule is COc1cc(CN(C(=O)[C@H](C)O)C2CCC([C@@H]3CC(c4cc(C(N)=O)nc(C)n4)=NO3)CC2)ccc1F. The third-order valence-corrected chi connectivity index (χ3v) is 7.00. The number of amides is 2. The molecule has 1 aliphatic heterocycles. The second-order valence-electron chi connectivity index (χ2n) is 9.62. The van der Waals surface area contributed by atoms with Crippen molar-refractivity contribution >= 4 is 17.5 Å². The second kappa shape index (κ2) is 11.2. The first kappa shape index (κ1) is 26.5. The zero-order valence-corrected chi connectivity index (χ0v) is 21.2. The highest BCUT2D eigenvalue weighted by Crippen LogP contribution is 2.35. The van der Waals surface area contributed by atoms with E-state index in [2.05, 4.69) is 15.1 Å². The van der Waals surface area contributed by atoms with Gasteiger partial charge in [0.15, 0.2) is 11.6 Å². The van der Waals surface area contributed by atoms with Gasteiger partial charge in [0.05, 0.1) is 12.8 Å². The van der Waals surface area contributed by atoms with Crippen LogP contribution in [0, 0.1) is 18.7 Å². The second-order valence-corrected chi connectivity index (χ2v) is 9.62. The van der Waals surface area contributed by atoms with Gasteiger partial charge in [-0.3, -0.25) is 9.59 Å². The largest absolute Gasteiger partial charge is 0.494 e. The molecule has 10 nitrogen and oxygen atoms in total. The number of methoxy groups -OCH3 is 1. The van der Waals surface area contributed by atoms with Crippen molar-refractivity contribution in [2.45, 2.75) is 70.7 Å². The fraction of sp³-hybridized carbons (Fsp3) is 0.500. The Hall–Kier alpha value is -3.60. The number of rotatable bonds is 8. The zero-order valence-electron chi connectivity index (χ0n) is 21.2. The number of aromatic nitrogens is 2. The predicted octanol–water partition coefficient (Wildman–Crippen LogP) is 2.49. The maximum atomic E-state index is 13.9. The lowest BCUT2D eigenvalue weighted by molar-refractivity contribution is -0.143. The van der Waals surface area contributed by atoms with Crippen molar-refractivity contribution in [3.05, 3.63) is 52.9 Å². The molecule has 1 fully saturated rings. The van der Waals surface area contributed by atoms with E-state index in [4.69, 9.17) is 15.3 Å². The number of ether oxygens (including phenoxy) is 1. The first-order chi connectivity index (χ1) is 17.7. The van der Waals surface area contributed by atoms with Crippen molar-refractivity contribution in [2.75, 3.05) is 7.11 Å². The van der Waals surface area contributed by atoms with Gasteiger partial charge in [0.1, 0.15) is 29.4 Å². The minimum atomic E-state index is -1.14. The normalized spacial score (nSPS) is 22.1. The quantitative estimate of drug-likeness (QED) is 0.553. The number of carbonyl (C=O) groups excluding carboxylic acids is 2. The molecule has 1 aromatic heterocycles. The van der Waals surface area contributed by atoms with Crippen LogP contribution in [0.3, 0.4) is 0 Å². The summed E-state index contributed by atoms with van der Waals surface area (Å²) >= 11 is 0. The summed E-state index contributed by atoms with van der Waals surface area (Å²) < 4.78 is 18.9. The number of hydrogen-bond donors (Lipinski definition) is 2. The van der Waals surface area contributed by atoms with E-state index in [9.17, 15) is 19.1 Å². The Morgan fingerprint density at radius 2 is 1.97 bits per heavy atom. The number of aliphatic hydroxyl groups excluding tert-OH is 1. The monoisotopic (exact) mass is 513 g/mol. The van der Waals surface area contributed by atoms with Gasteiger partial charge >= 0.3 is 0 Å². The van der Waals surface area contributed by atoms with Crippen LogP contribution in [0.5, 0.6) is 5.75 Å². The highest BCUT2D eigenvalue weighted by molar-refractivity contribution is 6.01. The Balaban J connectivity index is 1.40. The van der Waals surface area contributed by atoms with Gasteiger partial charge in [-0.2, -0.15) is 0 Å². The minimum Gasteiger partial charge on any atom is -0.494 e. The van der Waals surface area contributed by atoms with E-state index in [1.807, 2.05) is 0 Å². The highest BCUT2D eigenvalue weighted by atomic mass is 19.1. The molecule has 2 atom stereocenters. The molecule has 1 aromatic carbocycles. The molecule has 1 aliphatic carbocycles. The average molecular weight is 514 g/mol. The number of halogens is 1. The smallest absolute Gasteiger partial charge is 0.267 e. The van der Waals surface area contributed by atoms with Crippen LogP contribution in [0.25, 0.3) is 0 Å². The molecule has 0 spiro atoms. The Kier molecular flexibility index (Phi) is 8.01. The first-order valence-corrected chi connectivity index (χ1v) is 12.4. The topological polar surface area (TPSA) is 140 Å². The van der Waals surface area contributed by atoms with Crippen LogP contribution in [0.15, 0.2) is 29.4 Å². The molecule has 37 heavy (non-hydrogen) atoms. The van der Waals surface area contributed by atoms with Gasteiger partial charge in [-0.1, -0.05) is 11.2 Å². The van der Waals surface area contributed by atoms with E-state index in [-0.39, 0.29) is 42.0 Å². The number of nitrogens with two attached hydrogens (primary N) is 1. The lowest BCUT2D eigenvalue weighted by atomic mass is 9.80. The van der Waals surface area contributed by atoms with E-state index in [0.717, 1.165) is 31.2 Å². The number of primary amides is 1. The summed E-state index contributed by atoms with van der Waals surface area (Å²) in [7, 11) is 1.39. The van der Waals surface area contributed by atoms with Gasteiger partial charge in [-0.15, -0.1) is 0 Å². The number of carbonyl (C=O) groups is 2. The molecule has 0 unspecified atom stereocenters. The van der Waals surface area contributed by atoms with Crippen LogP contribution in [0.4, 0.5) is 4.39 Å². The predicted molar refractivity (Wildman–Crippen MR) is 132 cm³/mol. The van der Waals surface area contributed by atoms with Gasteiger partial charge in [0.2, 0.25) is 0 Å². The van der Waals surface area contributed by atoms with Gasteiger partial charge in [0, 0.05) is 19.0 Å². The van der Waals surface area contributed by atoms with Gasteiger partial charge in [0.25, 0.3) is 11.8 Å². The van der Waals surface area contributed by atoms with E-state index in [0.29, 0.717) is 23.7 Å². The fourth-order valence-electron chi connectivity index (χ4n) is 5.05. The van der Waals surface area contributed by atoms with Crippen molar-refractivity contribution in [3.8, 4) is 5.75 Å². The van der Waals surface area contributed by atoms with Gasteiger partial charge in [-0.05, 0) is 69.2 Å². The molecule has 1 saturated carbocycles. The average Bonchev–Trinajstić information content (AvgIpc) is 3.38. The van der Waals surface area contributed by atoms with Crippen molar-refractivity contribution in [3.63, 3.8) is 0 Å². The maximum absolute atomic E-state index is 13.9. The lowest BCUT2D eigenvalue weighted by Gasteiger charge is -2.38. The molecule has 2 aromatic rings. The van der Waals surface area contributed by atoms with Crippen LogP contribution in [0.2, 0.25) is 0 Å². The summed E-state index contributed by atoms with van der Waals surface area (Å²) in [6.45, 7) is 3.39.